The highest BCUT2D eigenvalue weighted by Crippen LogP contribution is 2.37. The predicted octanol–water partition coefficient (Wildman–Crippen LogP) is 4.87. The zero-order chi connectivity index (χ0) is 21.8. The highest BCUT2D eigenvalue weighted by atomic mass is 16.5. The van der Waals surface area contributed by atoms with Gasteiger partial charge in [0.25, 0.3) is 5.56 Å². The molecule has 0 atom stereocenters. The van der Waals surface area contributed by atoms with Gasteiger partial charge in [-0.1, -0.05) is 42.5 Å². The maximum absolute atomic E-state index is 12.4. The number of anilines is 1. The summed E-state index contributed by atoms with van der Waals surface area (Å²) in [7, 11) is 1.62. The molecular weight excluding hydrogens is 390 g/mol. The van der Waals surface area contributed by atoms with Crippen LogP contribution in [0.15, 0.2) is 89.7 Å². The van der Waals surface area contributed by atoms with E-state index in [0.717, 1.165) is 11.1 Å². The lowest BCUT2D eigenvalue weighted by Gasteiger charge is -2.15. The number of para-hydroxylation sites is 2. The van der Waals surface area contributed by atoms with Crippen LogP contribution < -0.4 is 15.6 Å². The second-order valence-corrected chi connectivity index (χ2v) is 7.04. The highest BCUT2D eigenvalue weighted by Gasteiger charge is 2.17. The Hall–Kier alpha value is -4.19. The Labute approximate surface area is 179 Å². The van der Waals surface area contributed by atoms with Crippen LogP contribution in [0.25, 0.3) is 22.4 Å². The number of carbonyl (C=O) groups is 1. The number of amides is 1. The number of rotatable bonds is 5. The van der Waals surface area contributed by atoms with Gasteiger partial charge in [-0.3, -0.25) is 9.59 Å². The molecule has 0 bridgehead atoms. The molecule has 0 aliphatic carbocycles. The van der Waals surface area contributed by atoms with Crippen LogP contribution in [0, 0.1) is 0 Å². The number of nitrogens with one attached hydrogen (secondary N) is 1. The van der Waals surface area contributed by atoms with E-state index in [9.17, 15) is 9.59 Å². The molecule has 154 valence electrons. The van der Waals surface area contributed by atoms with E-state index in [1.807, 2.05) is 72.8 Å². The van der Waals surface area contributed by atoms with Crippen LogP contribution in [0.2, 0.25) is 0 Å². The summed E-state index contributed by atoms with van der Waals surface area (Å²) in [6, 6.07) is 25.9. The number of aryl methyl sites for hydroxylation is 1. The second kappa shape index (κ2) is 8.67. The maximum atomic E-state index is 12.4. The molecule has 1 heterocycles. The van der Waals surface area contributed by atoms with E-state index < -0.39 is 0 Å². The van der Waals surface area contributed by atoms with Crippen LogP contribution in [0.3, 0.4) is 0 Å². The van der Waals surface area contributed by atoms with Gasteiger partial charge in [0, 0.05) is 36.9 Å². The van der Waals surface area contributed by atoms with Crippen LogP contribution in [0.4, 0.5) is 5.69 Å². The Bertz CT molecular complexity index is 1300. The molecule has 0 unspecified atom stereocenters. The molecule has 4 aromatic rings. The molecule has 0 aliphatic heterocycles. The minimum atomic E-state index is -0.231. The van der Waals surface area contributed by atoms with Crippen molar-refractivity contribution >= 4 is 11.6 Å². The first-order valence-corrected chi connectivity index (χ1v) is 9.80. The molecule has 0 fully saturated rings. The summed E-state index contributed by atoms with van der Waals surface area (Å²) in [6.45, 7) is 1.45. The molecule has 31 heavy (non-hydrogen) atoms. The predicted molar refractivity (Wildman–Crippen MR) is 121 cm³/mol. The van der Waals surface area contributed by atoms with E-state index in [1.165, 1.54) is 11.6 Å². The number of ether oxygens (including phenoxy) is 1. The molecule has 0 spiro atoms. The number of carbonyl (C=O) groups excluding carboxylic acids is 1. The summed E-state index contributed by atoms with van der Waals surface area (Å²) in [5.41, 5.74) is 3.19. The van der Waals surface area contributed by atoms with Crippen molar-refractivity contribution in [1.29, 1.82) is 0 Å². The molecule has 0 aliphatic rings. The quantitative estimate of drug-likeness (QED) is 0.509. The molecule has 3 aromatic carbocycles. The van der Waals surface area contributed by atoms with Crippen molar-refractivity contribution in [2.45, 2.75) is 6.92 Å². The van der Waals surface area contributed by atoms with Crippen LogP contribution >= 0.6 is 0 Å². The monoisotopic (exact) mass is 411 g/mol. The first-order valence-electron chi connectivity index (χ1n) is 9.80. The lowest BCUT2D eigenvalue weighted by Crippen LogP contribution is -2.19. The third kappa shape index (κ3) is 4.53. The topological polar surface area (TPSA) is 73.2 Å². The minimum Gasteiger partial charge on any atom is -0.457 e. The number of hydrogen-bond acceptors (Lipinski definition) is 4. The molecule has 4 rings (SSSR count). The van der Waals surface area contributed by atoms with Gasteiger partial charge in [-0.2, -0.15) is 5.10 Å². The smallest absolute Gasteiger partial charge is 0.267 e. The fraction of sp³-hybridized carbons (Fsp3) is 0.0800. The Morgan fingerprint density at radius 3 is 2.42 bits per heavy atom. The van der Waals surface area contributed by atoms with Crippen LogP contribution in [-0.4, -0.2) is 15.7 Å². The Morgan fingerprint density at radius 2 is 1.65 bits per heavy atom. The molecular formula is C25H21N3O3. The van der Waals surface area contributed by atoms with E-state index >= 15 is 0 Å². The summed E-state index contributed by atoms with van der Waals surface area (Å²) in [6.07, 6.45) is 0. The molecule has 0 saturated heterocycles. The lowest BCUT2D eigenvalue weighted by atomic mass is 9.99. The molecule has 0 saturated carbocycles. The van der Waals surface area contributed by atoms with Crippen molar-refractivity contribution < 1.29 is 9.53 Å². The molecule has 6 nitrogen and oxygen atoms in total. The summed E-state index contributed by atoms with van der Waals surface area (Å²) in [5.74, 6) is 1.16. The van der Waals surface area contributed by atoms with Gasteiger partial charge >= 0.3 is 0 Å². The average Bonchev–Trinajstić information content (AvgIpc) is 2.76. The van der Waals surface area contributed by atoms with Gasteiger partial charge in [-0.25, -0.2) is 4.68 Å². The number of nitrogens with zero attached hydrogens (tertiary/aromatic N) is 2. The van der Waals surface area contributed by atoms with Crippen molar-refractivity contribution in [3.8, 4) is 33.9 Å². The summed E-state index contributed by atoms with van der Waals surface area (Å²) >= 11 is 0. The van der Waals surface area contributed by atoms with Gasteiger partial charge in [0.1, 0.15) is 17.2 Å². The summed E-state index contributed by atoms with van der Waals surface area (Å²) in [5, 5.41) is 7.33. The maximum Gasteiger partial charge on any atom is 0.267 e. The van der Waals surface area contributed by atoms with Crippen molar-refractivity contribution in [3.05, 3.63) is 95.3 Å². The first-order chi connectivity index (χ1) is 15.0. The fourth-order valence-electron chi connectivity index (χ4n) is 3.29. The number of aromatic nitrogens is 2. The summed E-state index contributed by atoms with van der Waals surface area (Å²) in [4.78, 5) is 23.9. The van der Waals surface area contributed by atoms with Crippen molar-refractivity contribution in [2.24, 2.45) is 7.05 Å². The third-order valence-corrected chi connectivity index (χ3v) is 4.70. The van der Waals surface area contributed by atoms with Crippen LogP contribution in [-0.2, 0) is 11.8 Å². The molecule has 1 N–H and O–H groups in total. The first kappa shape index (κ1) is 20.1. The average molecular weight is 411 g/mol. The van der Waals surface area contributed by atoms with E-state index in [2.05, 4.69) is 10.4 Å². The Balaban J connectivity index is 1.87. The number of hydrogen-bond donors (Lipinski definition) is 1. The lowest BCUT2D eigenvalue weighted by molar-refractivity contribution is -0.114. The SMILES string of the molecule is CC(=O)Nc1cccc(-c2cc(=O)n(C)nc2-c2ccccc2Oc2ccccc2)c1. The van der Waals surface area contributed by atoms with E-state index in [-0.39, 0.29) is 11.5 Å². The molecule has 1 aromatic heterocycles. The van der Waals surface area contributed by atoms with Crippen molar-refractivity contribution in [1.82, 2.24) is 9.78 Å². The van der Waals surface area contributed by atoms with Gasteiger partial charge < -0.3 is 10.1 Å². The van der Waals surface area contributed by atoms with Gasteiger partial charge in [0.05, 0.1) is 0 Å². The fourth-order valence-corrected chi connectivity index (χ4v) is 3.29. The van der Waals surface area contributed by atoms with E-state index in [4.69, 9.17) is 4.74 Å². The molecule has 6 heteroatoms. The third-order valence-electron chi connectivity index (χ3n) is 4.70. The second-order valence-electron chi connectivity index (χ2n) is 7.04. The zero-order valence-electron chi connectivity index (χ0n) is 17.2. The van der Waals surface area contributed by atoms with E-state index in [0.29, 0.717) is 28.4 Å². The normalized spacial score (nSPS) is 10.5. The Morgan fingerprint density at radius 1 is 0.903 bits per heavy atom. The highest BCUT2D eigenvalue weighted by molar-refractivity contribution is 5.90. The van der Waals surface area contributed by atoms with Crippen molar-refractivity contribution in [2.75, 3.05) is 5.32 Å². The van der Waals surface area contributed by atoms with Crippen molar-refractivity contribution in [3.63, 3.8) is 0 Å². The molecule has 1 amide bonds. The molecule has 0 radical (unpaired) electrons. The minimum absolute atomic E-state index is 0.166. The standard InChI is InChI=1S/C25H21N3O3/c1-17(29)26-19-10-8-9-18(15-19)22-16-24(30)28(2)27-25(22)21-13-6-7-14-23(21)31-20-11-4-3-5-12-20/h3-16H,1-2H3,(H,26,29). The zero-order valence-corrected chi connectivity index (χ0v) is 17.2. The Kier molecular flexibility index (Phi) is 5.62. The van der Waals surface area contributed by atoms with Crippen LogP contribution in [0.5, 0.6) is 11.5 Å². The summed E-state index contributed by atoms with van der Waals surface area (Å²) < 4.78 is 7.42. The van der Waals surface area contributed by atoms with Gasteiger partial charge in [-0.05, 0) is 42.0 Å². The van der Waals surface area contributed by atoms with E-state index in [1.54, 1.807) is 19.2 Å². The van der Waals surface area contributed by atoms with Gasteiger partial charge in [0.2, 0.25) is 5.91 Å². The number of benzene rings is 3. The van der Waals surface area contributed by atoms with Gasteiger partial charge in [0.15, 0.2) is 0 Å². The van der Waals surface area contributed by atoms with Crippen LogP contribution in [0.1, 0.15) is 6.92 Å². The largest absolute Gasteiger partial charge is 0.457 e. The van der Waals surface area contributed by atoms with Gasteiger partial charge in [-0.15, -0.1) is 0 Å².